The molecule has 7 heteroatoms. The van der Waals surface area contributed by atoms with Crippen molar-refractivity contribution in [2.75, 3.05) is 20.8 Å². The number of hydrogen-bond acceptors (Lipinski definition) is 4. The van der Waals surface area contributed by atoms with Crippen LogP contribution >= 0.6 is 11.6 Å². The monoisotopic (exact) mass is 301 g/mol. The average molecular weight is 302 g/mol. The van der Waals surface area contributed by atoms with Crippen LogP contribution in [0.5, 0.6) is 5.75 Å². The highest BCUT2D eigenvalue weighted by Gasteiger charge is 2.21. The summed E-state index contributed by atoms with van der Waals surface area (Å²) in [5.41, 5.74) is 0.510. The van der Waals surface area contributed by atoms with Crippen LogP contribution in [0.1, 0.15) is 5.56 Å². The Hall–Kier alpha value is -1.79. The predicted octanol–water partition coefficient (Wildman–Crippen LogP) is 1.11. The largest absolute Gasteiger partial charge is 0.496 e. The molecule has 0 heterocycles. The first-order valence-corrected chi connectivity index (χ1v) is 6.19. The second kappa shape index (κ2) is 7.72. The van der Waals surface area contributed by atoms with Gasteiger partial charge in [0, 0.05) is 17.7 Å². The van der Waals surface area contributed by atoms with E-state index in [1.165, 1.54) is 14.2 Å². The number of carboxylic acid groups (broad SMARTS) is 1. The number of hydrogen-bond donors (Lipinski definition) is 2. The normalized spacial score (nSPS) is 11.8. The maximum atomic E-state index is 11.9. The highest BCUT2D eigenvalue weighted by Crippen LogP contribution is 2.26. The molecule has 0 radical (unpaired) electrons. The first kappa shape index (κ1) is 16.3. The Balaban J connectivity index is 2.78. The van der Waals surface area contributed by atoms with Crippen molar-refractivity contribution in [3.05, 3.63) is 28.8 Å². The van der Waals surface area contributed by atoms with Gasteiger partial charge in [0.15, 0.2) is 6.04 Å². The zero-order chi connectivity index (χ0) is 15.1. The lowest BCUT2D eigenvalue weighted by molar-refractivity contribution is -0.143. The summed E-state index contributed by atoms with van der Waals surface area (Å²) in [6, 6.07) is 3.92. The molecule has 0 spiro atoms. The minimum atomic E-state index is -1.16. The quantitative estimate of drug-likeness (QED) is 0.788. The number of carbonyl (C=O) groups is 2. The van der Waals surface area contributed by atoms with Crippen molar-refractivity contribution in [2.45, 2.75) is 12.5 Å². The van der Waals surface area contributed by atoms with Crippen LogP contribution in [0.4, 0.5) is 0 Å². The Morgan fingerprint density at radius 2 is 2.10 bits per heavy atom. The molecule has 0 aromatic heterocycles. The molecule has 110 valence electrons. The van der Waals surface area contributed by atoms with Crippen molar-refractivity contribution in [1.82, 2.24) is 5.32 Å². The molecule has 1 aromatic carbocycles. The standard InChI is InChI=1S/C13H16ClNO5/c1-19-7-10(13(17)18)15-12(16)6-8-9(14)4-3-5-11(8)20-2/h3-5,10H,6-7H2,1-2H3,(H,15,16)(H,17,18). The van der Waals surface area contributed by atoms with Crippen LogP contribution in [0.2, 0.25) is 5.02 Å². The van der Waals surface area contributed by atoms with E-state index in [-0.39, 0.29) is 13.0 Å². The Kier molecular flexibility index (Phi) is 6.27. The molecule has 1 unspecified atom stereocenters. The number of aliphatic carboxylic acids is 1. The zero-order valence-electron chi connectivity index (χ0n) is 11.2. The summed E-state index contributed by atoms with van der Waals surface area (Å²) in [6.45, 7) is -0.110. The van der Waals surface area contributed by atoms with Crippen LogP contribution in [-0.4, -0.2) is 43.9 Å². The number of rotatable bonds is 7. The Morgan fingerprint density at radius 3 is 2.65 bits per heavy atom. The second-order valence-corrected chi connectivity index (χ2v) is 4.42. The van der Waals surface area contributed by atoms with Crippen LogP contribution in [0, 0.1) is 0 Å². The molecule has 1 rings (SSSR count). The van der Waals surface area contributed by atoms with Gasteiger partial charge in [-0.2, -0.15) is 0 Å². The maximum absolute atomic E-state index is 11.9. The summed E-state index contributed by atoms with van der Waals surface area (Å²) in [6.07, 6.45) is -0.0731. The van der Waals surface area contributed by atoms with E-state index in [2.05, 4.69) is 5.32 Å². The molecule has 6 nitrogen and oxygen atoms in total. The number of ether oxygens (including phenoxy) is 2. The topological polar surface area (TPSA) is 84.9 Å². The number of methoxy groups -OCH3 is 2. The van der Waals surface area contributed by atoms with Crippen LogP contribution in [0.3, 0.4) is 0 Å². The molecule has 0 aliphatic rings. The molecular weight excluding hydrogens is 286 g/mol. The van der Waals surface area contributed by atoms with E-state index >= 15 is 0 Å². The van der Waals surface area contributed by atoms with E-state index < -0.39 is 17.9 Å². The molecule has 0 aliphatic carbocycles. The first-order valence-electron chi connectivity index (χ1n) is 5.82. The van der Waals surface area contributed by atoms with E-state index in [1.807, 2.05) is 0 Å². The van der Waals surface area contributed by atoms with Gasteiger partial charge in [-0.15, -0.1) is 0 Å². The van der Waals surface area contributed by atoms with Gasteiger partial charge in [0.1, 0.15) is 5.75 Å². The second-order valence-electron chi connectivity index (χ2n) is 4.01. The Labute approximate surface area is 121 Å². The van der Waals surface area contributed by atoms with E-state index in [9.17, 15) is 9.59 Å². The molecule has 1 amide bonds. The number of halogens is 1. The lowest BCUT2D eigenvalue weighted by atomic mass is 10.1. The van der Waals surface area contributed by atoms with Crippen LogP contribution in [-0.2, 0) is 20.7 Å². The van der Waals surface area contributed by atoms with Gasteiger partial charge in [0.2, 0.25) is 5.91 Å². The van der Waals surface area contributed by atoms with Crippen LogP contribution in [0.25, 0.3) is 0 Å². The molecule has 0 fully saturated rings. The van der Waals surface area contributed by atoms with E-state index in [0.717, 1.165) is 0 Å². The highest BCUT2D eigenvalue weighted by molar-refractivity contribution is 6.31. The van der Waals surface area contributed by atoms with Crippen molar-refractivity contribution in [2.24, 2.45) is 0 Å². The summed E-state index contributed by atoms with van der Waals surface area (Å²) in [7, 11) is 2.83. The zero-order valence-corrected chi connectivity index (χ0v) is 11.9. The Morgan fingerprint density at radius 1 is 1.40 bits per heavy atom. The summed E-state index contributed by atoms with van der Waals surface area (Å²) in [5, 5.41) is 11.7. The lowest BCUT2D eigenvalue weighted by Gasteiger charge is -2.15. The number of carbonyl (C=O) groups excluding carboxylic acids is 1. The summed E-state index contributed by atoms with van der Waals surface area (Å²) >= 11 is 6.01. The third-order valence-corrected chi connectivity index (χ3v) is 2.95. The third-order valence-electron chi connectivity index (χ3n) is 2.60. The predicted molar refractivity (Wildman–Crippen MR) is 73.2 cm³/mol. The average Bonchev–Trinajstić information content (AvgIpc) is 2.40. The van der Waals surface area contributed by atoms with Crippen molar-refractivity contribution >= 4 is 23.5 Å². The number of benzene rings is 1. The number of nitrogens with one attached hydrogen (secondary N) is 1. The smallest absolute Gasteiger partial charge is 0.328 e. The van der Waals surface area contributed by atoms with Gasteiger partial charge >= 0.3 is 5.97 Å². The molecule has 0 bridgehead atoms. The van der Waals surface area contributed by atoms with Gasteiger partial charge in [-0.25, -0.2) is 4.79 Å². The van der Waals surface area contributed by atoms with Crippen LogP contribution < -0.4 is 10.1 Å². The molecule has 1 atom stereocenters. The number of carboxylic acids is 1. The van der Waals surface area contributed by atoms with Gasteiger partial charge in [-0.1, -0.05) is 17.7 Å². The van der Waals surface area contributed by atoms with Crippen molar-refractivity contribution in [3.8, 4) is 5.75 Å². The number of amides is 1. The van der Waals surface area contributed by atoms with Gasteiger partial charge in [-0.3, -0.25) is 4.79 Å². The first-order chi connectivity index (χ1) is 9.49. The van der Waals surface area contributed by atoms with Crippen molar-refractivity contribution in [3.63, 3.8) is 0 Å². The molecule has 1 aromatic rings. The Bertz CT molecular complexity index is 492. The van der Waals surface area contributed by atoms with Crippen LogP contribution in [0.15, 0.2) is 18.2 Å². The van der Waals surface area contributed by atoms with Gasteiger partial charge < -0.3 is 19.9 Å². The minimum Gasteiger partial charge on any atom is -0.496 e. The third kappa shape index (κ3) is 4.40. The fraction of sp³-hybridized carbons (Fsp3) is 0.385. The summed E-state index contributed by atoms with van der Waals surface area (Å²) in [4.78, 5) is 22.8. The maximum Gasteiger partial charge on any atom is 0.328 e. The molecular formula is C13H16ClNO5. The lowest BCUT2D eigenvalue weighted by Crippen LogP contribution is -2.44. The molecule has 0 saturated heterocycles. The summed E-state index contributed by atoms with van der Waals surface area (Å²) in [5.74, 6) is -1.15. The van der Waals surface area contributed by atoms with E-state index in [4.69, 9.17) is 26.2 Å². The minimum absolute atomic E-state index is 0.0731. The van der Waals surface area contributed by atoms with Crippen molar-refractivity contribution < 1.29 is 24.2 Å². The molecule has 0 aliphatic heterocycles. The molecule has 0 saturated carbocycles. The van der Waals surface area contributed by atoms with Crippen molar-refractivity contribution in [1.29, 1.82) is 0 Å². The SMILES string of the molecule is COCC(NC(=O)Cc1c(Cl)cccc1OC)C(=O)O. The fourth-order valence-corrected chi connectivity index (χ4v) is 1.88. The highest BCUT2D eigenvalue weighted by atomic mass is 35.5. The fourth-order valence-electron chi connectivity index (χ4n) is 1.65. The molecule has 20 heavy (non-hydrogen) atoms. The molecule has 2 N–H and O–H groups in total. The van der Waals surface area contributed by atoms with E-state index in [1.54, 1.807) is 18.2 Å². The summed E-state index contributed by atoms with van der Waals surface area (Å²) < 4.78 is 9.86. The van der Waals surface area contributed by atoms with Gasteiger partial charge in [0.05, 0.1) is 20.1 Å². The van der Waals surface area contributed by atoms with E-state index in [0.29, 0.717) is 16.3 Å². The van der Waals surface area contributed by atoms with Gasteiger partial charge in [0.25, 0.3) is 0 Å². The van der Waals surface area contributed by atoms with Gasteiger partial charge in [-0.05, 0) is 12.1 Å².